The predicted octanol–water partition coefficient (Wildman–Crippen LogP) is 5.86. The Morgan fingerprint density at radius 3 is 2.58 bits per heavy atom. The minimum absolute atomic E-state index is 0.144. The van der Waals surface area contributed by atoms with Crippen molar-refractivity contribution < 1.29 is 31.5 Å². The van der Waals surface area contributed by atoms with Gasteiger partial charge in [-0.15, -0.1) is 0 Å². The van der Waals surface area contributed by atoms with E-state index in [0.29, 0.717) is 35.3 Å². The number of urea groups is 1. The van der Waals surface area contributed by atoms with Crippen LogP contribution in [0.1, 0.15) is 45.2 Å². The summed E-state index contributed by atoms with van der Waals surface area (Å²) in [5, 5.41) is 2.11. The molecule has 2 amide bonds. The number of nitrogens with zero attached hydrogens (tertiary/aromatic N) is 4. The van der Waals surface area contributed by atoms with Gasteiger partial charge in [0, 0.05) is 44.0 Å². The number of imidazole rings is 1. The lowest BCUT2D eigenvalue weighted by molar-refractivity contribution is -0.141. The van der Waals surface area contributed by atoms with Crippen molar-refractivity contribution in [2.45, 2.75) is 57.8 Å². The molecular weight excluding hydrogens is 485 g/mol. The fourth-order valence-corrected chi connectivity index (χ4v) is 3.90. The molecule has 2 atom stereocenters. The Hall–Kier alpha value is -3.44. The van der Waals surface area contributed by atoms with E-state index in [-0.39, 0.29) is 6.54 Å². The van der Waals surface area contributed by atoms with E-state index in [4.69, 9.17) is 4.74 Å². The maximum atomic E-state index is 14.0. The lowest BCUT2D eigenvalue weighted by Gasteiger charge is -2.32. The first-order chi connectivity index (χ1) is 16.8. The van der Waals surface area contributed by atoms with E-state index in [2.05, 4.69) is 15.3 Å². The first-order valence-corrected chi connectivity index (χ1v) is 11.3. The number of aromatic nitrogens is 3. The highest BCUT2D eigenvalue weighted by molar-refractivity contribution is 5.75. The number of carbonyl (C=O) groups excluding carboxylic acids is 1. The molecule has 0 bridgehead atoms. The first-order valence-electron chi connectivity index (χ1n) is 11.3. The number of amides is 2. The fraction of sp³-hybridized carbons (Fsp3) is 0.458. The van der Waals surface area contributed by atoms with Gasteiger partial charge in [0.1, 0.15) is 0 Å². The molecule has 0 spiro atoms. The second-order valence-electron chi connectivity index (χ2n) is 8.49. The Labute approximate surface area is 205 Å². The Bertz CT molecular complexity index is 1190. The van der Waals surface area contributed by atoms with Gasteiger partial charge in [-0.1, -0.05) is 18.2 Å². The van der Waals surface area contributed by atoms with Crippen LogP contribution in [0.15, 0.2) is 42.9 Å². The topological polar surface area (TPSA) is 71.8 Å². The molecule has 0 saturated heterocycles. The van der Waals surface area contributed by atoms with Crippen LogP contribution in [0, 0.1) is 0 Å². The molecule has 36 heavy (non-hydrogen) atoms. The lowest BCUT2D eigenvalue weighted by atomic mass is 10.0. The fourth-order valence-electron chi connectivity index (χ4n) is 3.90. The number of benzene rings is 1. The molecule has 1 aromatic carbocycles. The highest BCUT2D eigenvalue weighted by Gasteiger charge is 2.39. The van der Waals surface area contributed by atoms with Crippen LogP contribution < -0.4 is 10.1 Å². The summed E-state index contributed by atoms with van der Waals surface area (Å²) in [6.07, 6.45) is -1.83. The summed E-state index contributed by atoms with van der Waals surface area (Å²) >= 11 is 0. The van der Waals surface area contributed by atoms with Crippen LogP contribution in [0.2, 0.25) is 0 Å². The minimum atomic E-state index is -4.61. The van der Waals surface area contributed by atoms with Crippen molar-refractivity contribution in [1.29, 1.82) is 0 Å². The summed E-state index contributed by atoms with van der Waals surface area (Å²) in [6, 6.07) is 3.77. The molecule has 0 aliphatic carbocycles. The third-order valence-corrected chi connectivity index (χ3v) is 5.90. The SMILES string of the molecule is CCN(C(=O)NC(CCC(F)(F)F)C(C)(F)F)[C@H](C)c1cccc(-c2cn3ccnc3c(OC)n2)c1. The van der Waals surface area contributed by atoms with Crippen LogP contribution in [0.25, 0.3) is 16.9 Å². The Morgan fingerprint density at radius 2 is 1.97 bits per heavy atom. The predicted molar refractivity (Wildman–Crippen MR) is 124 cm³/mol. The zero-order valence-corrected chi connectivity index (χ0v) is 20.3. The van der Waals surface area contributed by atoms with Crippen molar-refractivity contribution in [3.8, 4) is 17.1 Å². The number of alkyl halides is 5. The monoisotopic (exact) mass is 513 g/mol. The number of halogens is 5. The summed E-state index contributed by atoms with van der Waals surface area (Å²) in [5.41, 5.74) is 2.53. The highest BCUT2D eigenvalue weighted by Crippen LogP contribution is 2.30. The van der Waals surface area contributed by atoms with Gasteiger partial charge < -0.3 is 19.4 Å². The van der Waals surface area contributed by atoms with Crippen LogP contribution >= 0.6 is 0 Å². The van der Waals surface area contributed by atoms with Crippen molar-refractivity contribution in [3.63, 3.8) is 0 Å². The number of rotatable bonds is 9. The molecule has 1 N–H and O–H groups in total. The highest BCUT2D eigenvalue weighted by atomic mass is 19.4. The van der Waals surface area contributed by atoms with E-state index in [1.807, 2.05) is 6.07 Å². The average molecular weight is 514 g/mol. The van der Waals surface area contributed by atoms with E-state index in [1.54, 1.807) is 55.0 Å². The number of ether oxygens (including phenoxy) is 1. The zero-order chi connectivity index (χ0) is 26.7. The number of hydrogen-bond donors (Lipinski definition) is 1. The third kappa shape index (κ3) is 6.41. The molecule has 2 aromatic heterocycles. The molecule has 0 saturated carbocycles. The number of methoxy groups -OCH3 is 1. The Kier molecular flexibility index (Phi) is 8.05. The summed E-state index contributed by atoms with van der Waals surface area (Å²) < 4.78 is 72.9. The number of hydrogen-bond acceptors (Lipinski definition) is 4. The standard InChI is InChI=1S/C24H28F5N5O2/c1-5-34(22(35)32-19(23(3,25)26)9-10-24(27,28)29)15(2)16-7-6-8-17(13-16)18-14-33-12-11-30-20(33)21(31-18)36-4/h6-8,11-15,19H,5,9-10H2,1-4H3,(H,32,35)/t15-,19?/m1/s1. The van der Waals surface area contributed by atoms with Gasteiger partial charge in [-0.2, -0.15) is 13.2 Å². The number of carbonyl (C=O) groups is 1. The van der Waals surface area contributed by atoms with Crippen molar-refractivity contribution in [2.75, 3.05) is 13.7 Å². The van der Waals surface area contributed by atoms with E-state index in [1.165, 1.54) is 12.0 Å². The largest absolute Gasteiger partial charge is 0.478 e. The van der Waals surface area contributed by atoms with Gasteiger partial charge in [0.25, 0.3) is 11.8 Å². The summed E-state index contributed by atoms with van der Waals surface area (Å²) in [5.74, 6) is -3.20. The molecule has 0 fully saturated rings. The molecule has 3 rings (SSSR count). The van der Waals surface area contributed by atoms with Crippen LogP contribution in [-0.4, -0.2) is 57.1 Å². The molecule has 0 aliphatic rings. The van der Waals surface area contributed by atoms with E-state index in [9.17, 15) is 26.7 Å². The second-order valence-corrected chi connectivity index (χ2v) is 8.49. The molecule has 0 aliphatic heterocycles. The maximum absolute atomic E-state index is 14.0. The van der Waals surface area contributed by atoms with Crippen LogP contribution in [0.3, 0.4) is 0 Å². The molecule has 12 heteroatoms. The average Bonchev–Trinajstić information content (AvgIpc) is 3.29. The van der Waals surface area contributed by atoms with Gasteiger partial charge in [-0.05, 0) is 31.9 Å². The van der Waals surface area contributed by atoms with Gasteiger partial charge in [-0.25, -0.2) is 23.5 Å². The smallest absolute Gasteiger partial charge is 0.389 e. The maximum Gasteiger partial charge on any atom is 0.389 e. The summed E-state index contributed by atoms with van der Waals surface area (Å²) in [6.45, 7) is 4.01. The van der Waals surface area contributed by atoms with Gasteiger partial charge in [-0.3, -0.25) is 0 Å². The van der Waals surface area contributed by atoms with Crippen LogP contribution in [-0.2, 0) is 0 Å². The van der Waals surface area contributed by atoms with Crippen molar-refractivity contribution in [2.24, 2.45) is 0 Å². The lowest BCUT2D eigenvalue weighted by Crippen LogP contribution is -2.51. The quantitative estimate of drug-likeness (QED) is 0.364. The zero-order valence-electron chi connectivity index (χ0n) is 20.3. The van der Waals surface area contributed by atoms with E-state index >= 15 is 0 Å². The normalized spacial score (nSPS) is 13.9. The Balaban J connectivity index is 1.84. The summed E-state index contributed by atoms with van der Waals surface area (Å²) in [7, 11) is 1.48. The third-order valence-electron chi connectivity index (χ3n) is 5.90. The minimum Gasteiger partial charge on any atom is -0.478 e. The number of fused-ring (bicyclic) bond motifs is 1. The van der Waals surface area contributed by atoms with Crippen molar-refractivity contribution in [3.05, 3.63) is 48.4 Å². The van der Waals surface area contributed by atoms with Crippen molar-refractivity contribution >= 4 is 11.7 Å². The summed E-state index contributed by atoms with van der Waals surface area (Å²) in [4.78, 5) is 22.9. The Morgan fingerprint density at radius 1 is 1.25 bits per heavy atom. The van der Waals surface area contributed by atoms with Crippen LogP contribution in [0.5, 0.6) is 5.88 Å². The number of nitrogens with one attached hydrogen (secondary N) is 1. The van der Waals surface area contributed by atoms with Gasteiger partial charge in [0.05, 0.1) is 24.9 Å². The van der Waals surface area contributed by atoms with Gasteiger partial charge >= 0.3 is 12.2 Å². The van der Waals surface area contributed by atoms with E-state index < -0.39 is 43.1 Å². The van der Waals surface area contributed by atoms with Crippen LogP contribution in [0.4, 0.5) is 26.7 Å². The molecule has 3 aromatic rings. The van der Waals surface area contributed by atoms with Crippen molar-refractivity contribution in [1.82, 2.24) is 24.6 Å². The van der Waals surface area contributed by atoms with Gasteiger partial charge in [0.15, 0.2) is 5.65 Å². The van der Waals surface area contributed by atoms with Gasteiger partial charge in [0.2, 0.25) is 0 Å². The molecule has 1 unspecified atom stereocenters. The first kappa shape index (κ1) is 27.2. The molecule has 196 valence electrons. The van der Waals surface area contributed by atoms with E-state index in [0.717, 1.165) is 0 Å². The molecular formula is C24H28F5N5O2. The molecule has 0 radical (unpaired) electrons. The molecule has 7 nitrogen and oxygen atoms in total. The second kappa shape index (κ2) is 10.7. The molecule has 2 heterocycles.